The highest BCUT2D eigenvalue weighted by atomic mass is 32.2. The van der Waals surface area contributed by atoms with Crippen LogP contribution in [-0.2, 0) is 9.84 Å². The van der Waals surface area contributed by atoms with Gasteiger partial charge >= 0.3 is 0 Å². The van der Waals surface area contributed by atoms with Crippen molar-refractivity contribution in [1.29, 1.82) is 0 Å². The van der Waals surface area contributed by atoms with Crippen molar-refractivity contribution in [1.82, 2.24) is 14.5 Å². The minimum absolute atomic E-state index is 0.0208. The van der Waals surface area contributed by atoms with Gasteiger partial charge in [0.2, 0.25) is 6.36 Å². The van der Waals surface area contributed by atoms with E-state index in [9.17, 15) is 22.0 Å². The second-order valence-electron chi connectivity index (χ2n) is 9.80. The van der Waals surface area contributed by atoms with Crippen molar-refractivity contribution < 1.29 is 26.7 Å². The van der Waals surface area contributed by atoms with E-state index in [1.807, 2.05) is 17.7 Å². The fourth-order valence-electron chi connectivity index (χ4n) is 4.83. The predicted octanol–water partition coefficient (Wildman–Crippen LogP) is 5.32. The van der Waals surface area contributed by atoms with E-state index in [1.54, 1.807) is 36.7 Å². The number of sulfone groups is 1. The molecule has 5 rings (SSSR count). The SMILES string of the molecule is CC(F)Oc1cncc(-c2cn(-c3ccc(F)cc3)c3cc(C(=O)C[C@@]4(C)CCS(=O)(=O)C4)ncc23)c1. The first-order valence-corrected chi connectivity index (χ1v) is 13.6. The van der Waals surface area contributed by atoms with Crippen LogP contribution in [0.1, 0.15) is 37.2 Å². The summed E-state index contributed by atoms with van der Waals surface area (Å²) in [6.07, 6.45) is 5.42. The molecule has 1 aliphatic heterocycles. The van der Waals surface area contributed by atoms with Crippen molar-refractivity contribution >= 4 is 26.5 Å². The third-order valence-corrected chi connectivity index (χ3v) is 8.54. The van der Waals surface area contributed by atoms with Crippen LogP contribution in [-0.4, -0.2) is 46.6 Å². The average Bonchev–Trinajstić information content (AvgIpc) is 3.35. The van der Waals surface area contributed by atoms with Crippen LogP contribution in [0.25, 0.3) is 27.7 Å². The third kappa shape index (κ3) is 5.24. The van der Waals surface area contributed by atoms with Gasteiger partial charge in [-0.2, -0.15) is 0 Å². The molecule has 1 saturated heterocycles. The number of rotatable bonds is 7. The summed E-state index contributed by atoms with van der Waals surface area (Å²) >= 11 is 0. The zero-order valence-electron chi connectivity index (χ0n) is 20.3. The molecule has 0 N–H and O–H groups in total. The Morgan fingerprint density at radius 1 is 1.19 bits per heavy atom. The molecule has 7 nitrogen and oxygen atoms in total. The quantitative estimate of drug-likeness (QED) is 0.304. The molecule has 10 heteroatoms. The minimum Gasteiger partial charge on any atom is -0.459 e. The Kier molecular flexibility index (Phi) is 6.31. The van der Waals surface area contributed by atoms with Crippen LogP contribution in [0.15, 0.2) is 61.2 Å². The number of ether oxygens (including phenoxy) is 1. The monoisotopic (exact) mass is 525 g/mol. The van der Waals surface area contributed by atoms with Gasteiger partial charge < -0.3 is 9.30 Å². The summed E-state index contributed by atoms with van der Waals surface area (Å²) in [6, 6.07) is 9.24. The predicted molar refractivity (Wildman–Crippen MR) is 136 cm³/mol. The Balaban J connectivity index is 1.59. The van der Waals surface area contributed by atoms with Crippen LogP contribution in [0, 0.1) is 11.2 Å². The summed E-state index contributed by atoms with van der Waals surface area (Å²) in [5.41, 5.74) is 2.25. The fraction of sp³-hybridized carbons (Fsp3) is 0.296. The van der Waals surface area contributed by atoms with Crippen molar-refractivity contribution in [3.05, 3.63) is 72.7 Å². The maximum atomic E-state index is 13.6. The van der Waals surface area contributed by atoms with E-state index in [0.29, 0.717) is 34.1 Å². The molecule has 0 amide bonds. The molecule has 0 spiro atoms. The lowest BCUT2D eigenvalue weighted by atomic mass is 9.84. The lowest BCUT2D eigenvalue weighted by molar-refractivity contribution is 0.0856. The molecule has 192 valence electrons. The number of halogens is 2. The van der Waals surface area contributed by atoms with Gasteiger partial charge in [0.15, 0.2) is 15.6 Å². The number of Topliss-reactive ketones (excluding diaryl/α,β-unsaturated/α-hetero) is 1. The third-order valence-electron chi connectivity index (χ3n) is 6.58. The maximum Gasteiger partial charge on any atom is 0.235 e. The topological polar surface area (TPSA) is 91.2 Å². The number of benzene rings is 1. The number of alkyl halides is 1. The van der Waals surface area contributed by atoms with Crippen molar-refractivity contribution in [2.45, 2.75) is 33.0 Å². The molecule has 0 saturated carbocycles. The molecule has 1 unspecified atom stereocenters. The van der Waals surface area contributed by atoms with E-state index in [4.69, 9.17) is 4.74 Å². The van der Waals surface area contributed by atoms with E-state index in [-0.39, 0.29) is 41.0 Å². The van der Waals surface area contributed by atoms with Crippen molar-refractivity contribution in [3.8, 4) is 22.6 Å². The Morgan fingerprint density at radius 3 is 2.62 bits per heavy atom. The first-order chi connectivity index (χ1) is 17.5. The first kappa shape index (κ1) is 25.0. The van der Waals surface area contributed by atoms with Gasteiger partial charge in [-0.25, -0.2) is 17.2 Å². The highest BCUT2D eigenvalue weighted by Gasteiger charge is 2.40. The lowest BCUT2D eigenvalue weighted by Crippen LogP contribution is -2.22. The van der Waals surface area contributed by atoms with Crippen LogP contribution >= 0.6 is 0 Å². The van der Waals surface area contributed by atoms with Crippen LogP contribution in [0.2, 0.25) is 0 Å². The number of fused-ring (bicyclic) bond motifs is 1. The van der Waals surface area contributed by atoms with E-state index < -0.39 is 21.6 Å². The summed E-state index contributed by atoms with van der Waals surface area (Å²) in [5.74, 6) is -0.309. The Bertz CT molecular complexity index is 1600. The largest absolute Gasteiger partial charge is 0.459 e. The number of hydrogen-bond donors (Lipinski definition) is 0. The maximum absolute atomic E-state index is 13.6. The molecule has 2 atom stereocenters. The van der Waals surface area contributed by atoms with Crippen molar-refractivity contribution in [3.63, 3.8) is 0 Å². The van der Waals surface area contributed by atoms with Gasteiger partial charge in [-0.1, -0.05) is 6.92 Å². The Morgan fingerprint density at radius 2 is 1.95 bits per heavy atom. The standard InChI is InChI=1S/C27H25F2N3O4S/c1-17(28)36-21-9-18(12-30-13-21)23-15-32(20-5-3-19(29)4-6-20)25-10-24(31-14-22(23)25)26(33)11-27(2)7-8-37(34,35)16-27/h3-6,9-10,12-15,17H,7-8,11,16H2,1-2H3/t17?,27-/m1/s1. The van der Waals surface area contributed by atoms with Crippen molar-refractivity contribution in [2.24, 2.45) is 5.41 Å². The van der Waals surface area contributed by atoms with Gasteiger partial charge in [-0.05, 0) is 48.2 Å². The summed E-state index contributed by atoms with van der Waals surface area (Å²) < 4.78 is 58.0. The average molecular weight is 526 g/mol. The number of aromatic nitrogens is 3. The Labute approximate surface area is 213 Å². The number of nitrogens with zero attached hydrogens (tertiary/aromatic N) is 3. The van der Waals surface area contributed by atoms with E-state index >= 15 is 0 Å². The highest BCUT2D eigenvalue weighted by molar-refractivity contribution is 7.91. The molecule has 37 heavy (non-hydrogen) atoms. The molecule has 4 heterocycles. The van der Waals surface area contributed by atoms with Gasteiger partial charge in [-0.3, -0.25) is 14.8 Å². The van der Waals surface area contributed by atoms with E-state index in [0.717, 1.165) is 0 Å². The van der Waals surface area contributed by atoms with Crippen LogP contribution < -0.4 is 4.74 Å². The number of hydrogen-bond acceptors (Lipinski definition) is 6. The molecule has 1 fully saturated rings. The Hall–Kier alpha value is -3.66. The molecule has 3 aromatic heterocycles. The molecule has 0 bridgehead atoms. The fourth-order valence-corrected chi connectivity index (χ4v) is 7.09. The molecular formula is C27H25F2N3O4S. The first-order valence-electron chi connectivity index (χ1n) is 11.8. The van der Waals surface area contributed by atoms with Gasteiger partial charge in [0.25, 0.3) is 0 Å². The highest BCUT2D eigenvalue weighted by Crippen LogP contribution is 2.37. The summed E-state index contributed by atoms with van der Waals surface area (Å²) in [4.78, 5) is 21.8. The molecule has 1 aliphatic rings. The zero-order valence-corrected chi connectivity index (χ0v) is 21.1. The van der Waals surface area contributed by atoms with E-state index in [1.165, 1.54) is 25.3 Å². The van der Waals surface area contributed by atoms with Gasteiger partial charge in [0, 0.05) is 54.1 Å². The smallest absolute Gasteiger partial charge is 0.235 e. The summed E-state index contributed by atoms with van der Waals surface area (Å²) in [7, 11) is -3.15. The van der Waals surface area contributed by atoms with Gasteiger partial charge in [0.05, 0.1) is 23.2 Å². The second kappa shape index (κ2) is 9.33. The van der Waals surface area contributed by atoms with Crippen LogP contribution in [0.3, 0.4) is 0 Å². The molecular weight excluding hydrogens is 500 g/mol. The molecule has 1 aromatic carbocycles. The molecule has 0 aliphatic carbocycles. The molecule has 4 aromatic rings. The van der Waals surface area contributed by atoms with Crippen molar-refractivity contribution in [2.75, 3.05) is 11.5 Å². The minimum atomic E-state index is -3.15. The molecule has 0 radical (unpaired) electrons. The second-order valence-corrected chi connectivity index (χ2v) is 12.0. The number of pyridine rings is 2. The van der Waals surface area contributed by atoms with Gasteiger partial charge in [-0.15, -0.1) is 0 Å². The van der Waals surface area contributed by atoms with Crippen LogP contribution in [0.5, 0.6) is 5.75 Å². The zero-order chi connectivity index (χ0) is 26.4. The number of carbonyl (C=O) groups is 1. The number of ketones is 1. The van der Waals surface area contributed by atoms with Gasteiger partial charge in [0.1, 0.15) is 17.3 Å². The van der Waals surface area contributed by atoms with E-state index in [2.05, 4.69) is 9.97 Å². The van der Waals surface area contributed by atoms with Crippen LogP contribution in [0.4, 0.5) is 8.78 Å². The lowest BCUT2D eigenvalue weighted by Gasteiger charge is -2.20. The number of carbonyl (C=O) groups excluding carboxylic acids is 1. The summed E-state index contributed by atoms with van der Waals surface area (Å²) in [6.45, 7) is 3.09. The summed E-state index contributed by atoms with van der Waals surface area (Å²) in [5, 5.41) is 0.697. The normalized spacial score (nSPS) is 19.7.